The van der Waals surface area contributed by atoms with E-state index in [4.69, 9.17) is 4.74 Å². The maximum absolute atomic E-state index is 10.6. The fourth-order valence-electron chi connectivity index (χ4n) is 0.736. The van der Waals surface area contributed by atoms with Crippen LogP contribution >= 0.6 is 0 Å². The van der Waals surface area contributed by atoms with Crippen molar-refractivity contribution in [1.29, 1.82) is 0 Å². The van der Waals surface area contributed by atoms with E-state index in [1.807, 2.05) is 18.2 Å². The van der Waals surface area contributed by atoms with E-state index in [0.29, 0.717) is 0 Å². The van der Waals surface area contributed by atoms with Gasteiger partial charge in [0.1, 0.15) is 6.61 Å². The lowest BCUT2D eigenvalue weighted by molar-refractivity contribution is 0.142. The molecule has 0 spiro atoms. The summed E-state index contributed by atoms with van der Waals surface area (Å²) in [6.45, 7) is 0.264. The Labute approximate surface area is 71.4 Å². The Morgan fingerprint density at radius 1 is 1.67 bits per heavy atom. The van der Waals surface area contributed by atoms with Crippen molar-refractivity contribution in [1.82, 2.24) is 5.32 Å². The summed E-state index contributed by atoms with van der Waals surface area (Å²) in [4.78, 5) is 10.6. The second kappa shape index (κ2) is 4.38. The number of nitrogens with one attached hydrogen (secondary N) is 1. The van der Waals surface area contributed by atoms with Gasteiger partial charge in [-0.1, -0.05) is 24.3 Å². The van der Waals surface area contributed by atoms with E-state index in [9.17, 15) is 4.79 Å². The average Bonchev–Trinajstić information content (AvgIpc) is 2.16. The second-order valence-corrected chi connectivity index (χ2v) is 2.21. The first kappa shape index (κ1) is 8.59. The first-order chi connectivity index (χ1) is 5.83. The minimum absolute atomic E-state index is 0.264. The normalized spacial score (nSPS) is 9.08. The molecule has 0 bridgehead atoms. The summed E-state index contributed by atoms with van der Waals surface area (Å²) in [5, 5.41) is 2.36. The number of hydrogen-bond donors (Lipinski definition) is 1. The molecule has 1 aromatic carbocycles. The second-order valence-electron chi connectivity index (χ2n) is 2.21. The zero-order chi connectivity index (χ0) is 8.81. The lowest BCUT2D eigenvalue weighted by Gasteiger charge is -2.02. The standard InChI is InChI=1S/C9H10NO2/c1-10-9(11)12-7-8-5-3-2-4-6-8/h2-5H,7H2,1H3,(H,10,11). The van der Waals surface area contributed by atoms with Crippen molar-refractivity contribution in [3.05, 3.63) is 35.9 Å². The van der Waals surface area contributed by atoms with E-state index in [2.05, 4.69) is 11.4 Å². The molecule has 63 valence electrons. The van der Waals surface area contributed by atoms with E-state index in [1.54, 1.807) is 6.07 Å². The number of amides is 1. The van der Waals surface area contributed by atoms with Gasteiger partial charge in [0.15, 0.2) is 0 Å². The van der Waals surface area contributed by atoms with Gasteiger partial charge in [-0.05, 0) is 11.6 Å². The van der Waals surface area contributed by atoms with Crippen LogP contribution in [0.1, 0.15) is 5.56 Å². The average molecular weight is 164 g/mol. The van der Waals surface area contributed by atoms with Gasteiger partial charge in [-0.25, -0.2) is 4.79 Å². The van der Waals surface area contributed by atoms with Gasteiger partial charge in [-0.2, -0.15) is 0 Å². The third-order valence-corrected chi connectivity index (χ3v) is 1.34. The van der Waals surface area contributed by atoms with Crippen molar-refractivity contribution in [2.75, 3.05) is 7.05 Å². The summed E-state index contributed by atoms with van der Waals surface area (Å²) in [7, 11) is 1.52. The fraction of sp³-hybridized carbons (Fsp3) is 0.222. The van der Waals surface area contributed by atoms with Crippen LogP contribution in [0.15, 0.2) is 24.3 Å². The predicted molar refractivity (Wildman–Crippen MR) is 44.5 cm³/mol. The molecule has 0 aliphatic rings. The molecule has 0 saturated carbocycles. The summed E-state index contributed by atoms with van der Waals surface area (Å²) >= 11 is 0. The Morgan fingerprint density at radius 3 is 3.08 bits per heavy atom. The fourth-order valence-corrected chi connectivity index (χ4v) is 0.736. The number of carbonyl (C=O) groups excluding carboxylic acids is 1. The van der Waals surface area contributed by atoms with Crippen molar-refractivity contribution in [2.45, 2.75) is 6.61 Å². The van der Waals surface area contributed by atoms with Gasteiger partial charge in [-0.3, -0.25) is 0 Å². The summed E-state index contributed by atoms with van der Waals surface area (Å²) < 4.78 is 4.80. The monoisotopic (exact) mass is 164 g/mol. The Bertz CT molecular complexity index is 246. The largest absolute Gasteiger partial charge is 0.445 e. The molecule has 3 heteroatoms. The van der Waals surface area contributed by atoms with E-state index >= 15 is 0 Å². The Morgan fingerprint density at radius 2 is 2.50 bits per heavy atom. The van der Waals surface area contributed by atoms with Crippen molar-refractivity contribution < 1.29 is 9.53 Å². The van der Waals surface area contributed by atoms with Crippen molar-refractivity contribution in [3.63, 3.8) is 0 Å². The molecule has 0 aliphatic heterocycles. The van der Waals surface area contributed by atoms with Crippen molar-refractivity contribution in [2.24, 2.45) is 0 Å². The number of ether oxygens (including phenoxy) is 1. The van der Waals surface area contributed by atoms with Gasteiger partial charge in [0.2, 0.25) is 0 Å². The molecule has 0 heterocycles. The van der Waals surface area contributed by atoms with E-state index in [0.717, 1.165) is 5.56 Å². The molecular weight excluding hydrogens is 154 g/mol. The molecule has 1 N–H and O–H groups in total. The van der Waals surface area contributed by atoms with Crippen LogP contribution in [0.5, 0.6) is 0 Å². The van der Waals surface area contributed by atoms with Crippen molar-refractivity contribution in [3.8, 4) is 0 Å². The molecule has 1 radical (unpaired) electrons. The lowest BCUT2D eigenvalue weighted by Crippen LogP contribution is -2.18. The highest BCUT2D eigenvalue weighted by Gasteiger charge is 1.97. The molecule has 0 saturated heterocycles. The molecule has 1 rings (SSSR count). The summed E-state index contributed by atoms with van der Waals surface area (Å²) in [6, 6.07) is 10.3. The Hall–Kier alpha value is -1.51. The van der Waals surface area contributed by atoms with Crippen LogP contribution in [-0.2, 0) is 11.3 Å². The summed E-state index contributed by atoms with van der Waals surface area (Å²) in [5.74, 6) is 0. The van der Waals surface area contributed by atoms with Gasteiger partial charge in [0.25, 0.3) is 0 Å². The molecule has 0 fully saturated rings. The van der Waals surface area contributed by atoms with Crippen LogP contribution < -0.4 is 5.32 Å². The summed E-state index contributed by atoms with van der Waals surface area (Å²) in [6.07, 6.45) is -0.424. The van der Waals surface area contributed by atoms with Crippen LogP contribution in [-0.4, -0.2) is 13.1 Å². The molecule has 0 aliphatic carbocycles. The molecule has 1 aromatic rings. The maximum Gasteiger partial charge on any atom is 0.407 e. The first-order valence-corrected chi connectivity index (χ1v) is 3.63. The third-order valence-electron chi connectivity index (χ3n) is 1.34. The highest BCUT2D eigenvalue weighted by atomic mass is 16.5. The van der Waals surface area contributed by atoms with Crippen molar-refractivity contribution >= 4 is 6.09 Å². The molecule has 1 amide bonds. The minimum atomic E-state index is -0.424. The topological polar surface area (TPSA) is 38.3 Å². The SMILES string of the molecule is CNC(=O)OCc1[c]cccc1. The smallest absolute Gasteiger partial charge is 0.407 e. The van der Waals surface area contributed by atoms with Gasteiger partial charge in [0.05, 0.1) is 0 Å². The van der Waals surface area contributed by atoms with Gasteiger partial charge in [-0.15, -0.1) is 0 Å². The van der Waals surface area contributed by atoms with Gasteiger partial charge < -0.3 is 10.1 Å². The highest BCUT2D eigenvalue weighted by molar-refractivity contribution is 5.66. The van der Waals surface area contributed by atoms with E-state index in [1.165, 1.54) is 7.05 Å². The molecule has 0 aromatic heterocycles. The van der Waals surface area contributed by atoms with Crippen LogP contribution in [0.3, 0.4) is 0 Å². The lowest BCUT2D eigenvalue weighted by atomic mass is 10.2. The molecule has 0 atom stereocenters. The van der Waals surface area contributed by atoms with E-state index < -0.39 is 6.09 Å². The molecule has 3 nitrogen and oxygen atoms in total. The number of hydrogen-bond acceptors (Lipinski definition) is 2. The predicted octanol–water partition coefficient (Wildman–Crippen LogP) is 1.34. The maximum atomic E-state index is 10.6. The number of carbonyl (C=O) groups is 1. The highest BCUT2D eigenvalue weighted by Crippen LogP contribution is 1.98. The van der Waals surface area contributed by atoms with E-state index in [-0.39, 0.29) is 6.61 Å². The van der Waals surface area contributed by atoms with Gasteiger partial charge in [0, 0.05) is 7.05 Å². The number of alkyl carbamates (subject to hydrolysis) is 1. The quantitative estimate of drug-likeness (QED) is 0.716. The zero-order valence-electron chi connectivity index (χ0n) is 6.83. The Kier molecular flexibility index (Phi) is 3.14. The van der Waals surface area contributed by atoms with Crippen LogP contribution in [0.2, 0.25) is 0 Å². The number of rotatable bonds is 2. The van der Waals surface area contributed by atoms with Gasteiger partial charge >= 0.3 is 6.09 Å². The van der Waals surface area contributed by atoms with Crippen LogP contribution in [0.4, 0.5) is 4.79 Å². The van der Waals surface area contributed by atoms with Crippen LogP contribution in [0, 0.1) is 6.07 Å². The zero-order valence-corrected chi connectivity index (χ0v) is 6.83. The van der Waals surface area contributed by atoms with Crippen LogP contribution in [0.25, 0.3) is 0 Å². The summed E-state index contributed by atoms with van der Waals surface area (Å²) in [5.41, 5.74) is 0.862. The molecule has 12 heavy (non-hydrogen) atoms. The third kappa shape index (κ3) is 2.62. The number of benzene rings is 1. The first-order valence-electron chi connectivity index (χ1n) is 3.63. The molecule has 0 unspecified atom stereocenters. The molecular formula is C9H10NO2. The Balaban J connectivity index is 2.38. The minimum Gasteiger partial charge on any atom is -0.445 e.